The lowest BCUT2D eigenvalue weighted by atomic mass is 10.1. The molecule has 0 N–H and O–H groups in total. The zero-order valence-corrected chi connectivity index (χ0v) is 13.5. The summed E-state index contributed by atoms with van der Waals surface area (Å²) in [6, 6.07) is 6.07. The summed E-state index contributed by atoms with van der Waals surface area (Å²) in [5.74, 6) is 2.44. The monoisotopic (exact) mass is 308 g/mol. The highest BCUT2D eigenvalue weighted by molar-refractivity contribution is 7.85. The number of hydrogen-bond acceptors (Lipinski definition) is 3. The van der Waals surface area contributed by atoms with Crippen molar-refractivity contribution in [2.24, 2.45) is 0 Å². The van der Waals surface area contributed by atoms with Gasteiger partial charge in [0, 0.05) is 16.6 Å². The van der Waals surface area contributed by atoms with E-state index in [9.17, 15) is 4.21 Å². The van der Waals surface area contributed by atoms with E-state index >= 15 is 0 Å². The number of hydrogen-bond donors (Lipinski definition) is 0. The zero-order chi connectivity index (χ0) is 14.7. The van der Waals surface area contributed by atoms with Crippen LogP contribution in [-0.2, 0) is 10.8 Å². The molecule has 116 valence electrons. The predicted octanol–water partition coefficient (Wildman–Crippen LogP) is 3.99. The summed E-state index contributed by atoms with van der Waals surface area (Å²) in [6.45, 7) is 0. The molecule has 1 aromatic carbocycles. The van der Waals surface area contributed by atoms with Crippen LogP contribution in [0.15, 0.2) is 18.2 Å². The molecule has 2 fully saturated rings. The molecule has 1 aliphatic carbocycles. The van der Waals surface area contributed by atoms with E-state index < -0.39 is 10.8 Å². The summed E-state index contributed by atoms with van der Waals surface area (Å²) >= 11 is 0. The molecule has 0 radical (unpaired) electrons. The molecule has 1 aliphatic heterocycles. The Bertz CT molecular complexity index is 509. The van der Waals surface area contributed by atoms with E-state index in [2.05, 4.69) is 6.07 Å². The first-order chi connectivity index (χ1) is 10.3. The predicted molar refractivity (Wildman–Crippen MR) is 85.5 cm³/mol. The lowest BCUT2D eigenvalue weighted by molar-refractivity contribution is 0.200. The summed E-state index contributed by atoms with van der Waals surface area (Å²) in [5.41, 5.74) is 1.14. The Kier molecular flexibility index (Phi) is 4.84. The van der Waals surface area contributed by atoms with Gasteiger partial charge in [0.05, 0.1) is 18.5 Å². The Balaban J connectivity index is 1.83. The molecule has 21 heavy (non-hydrogen) atoms. The second-order valence-corrected chi connectivity index (χ2v) is 7.74. The Hall–Kier alpha value is -1.03. The van der Waals surface area contributed by atoms with E-state index in [1.165, 1.54) is 19.3 Å². The summed E-state index contributed by atoms with van der Waals surface area (Å²) in [6.07, 6.45) is 8.34. The van der Waals surface area contributed by atoms with Gasteiger partial charge in [-0.15, -0.1) is 0 Å². The minimum Gasteiger partial charge on any atom is -0.493 e. The topological polar surface area (TPSA) is 35.5 Å². The van der Waals surface area contributed by atoms with Crippen molar-refractivity contribution in [2.75, 3.05) is 12.9 Å². The van der Waals surface area contributed by atoms with Crippen LogP contribution >= 0.6 is 0 Å². The van der Waals surface area contributed by atoms with Crippen LogP contribution < -0.4 is 9.47 Å². The molecule has 3 rings (SSSR count). The van der Waals surface area contributed by atoms with Crippen LogP contribution in [0.5, 0.6) is 11.5 Å². The highest BCUT2D eigenvalue weighted by atomic mass is 32.2. The minimum atomic E-state index is -0.746. The first-order valence-corrected chi connectivity index (χ1v) is 9.38. The second kappa shape index (κ2) is 6.82. The van der Waals surface area contributed by atoms with Crippen LogP contribution in [-0.4, -0.2) is 23.2 Å². The molecule has 0 spiro atoms. The largest absolute Gasteiger partial charge is 0.493 e. The van der Waals surface area contributed by atoms with Crippen LogP contribution in [0, 0.1) is 0 Å². The van der Waals surface area contributed by atoms with Gasteiger partial charge in [-0.3, -0.25) is 4.21 Å². The average molecular weight is 308 g/mol. The second-order valence-electron chi connectivity index (χ2n) is 6.00. The van der Waals surface area contributed by atoms with Crippen LogP contribution in [0.2, 0.25) is 0 Å². The molecule has 0 aromatic heterocycles. The first kappa shape index (κ1) is 14.9. The molecular weight excluding hydrogens is 284 g/mol. The Morgan fingerprint density at radius 2 is 1.81 bits per heavy atom. The van der Waals surface area contributed by atoms with Gasteiger partial charge in [0.25, 0.3) is 0 Å². The fraction of sp³-hybridized carbons (Fsp3) is 0.647. The molecule has 0 unspecified atom stereocenters. The Labute approximate surface area is 129 Å². The van der Waals surface area contributed by atoms with Crippen molar-refractivity contribution in [1.29, 1.82) is 0 Å². The van der Waals surface area contributed by atoms with Crippen molar-refractivity contribution in [1.82, 2.24) is 0 Å². The van der Waals surface area contributed by atoms with Crippen molar-refractivity contribution in [3.63, 3.8) is 0 Å². The molecule has 1 heterocycles. The van der Waals surface area contributed by atoms with Crippen molar-refractivity contribution < 1.29 is 13.7 Å². The van der Waals surface area contributed by atoms with Gasteiger partial charge >= 0.3 is 0 Å². The fourth-order valence-electron chi connectivity index (χ4n) is 3.34. The van der Waals surface area contributed by atoms with E-state index in [4.69, 9.17) is 9.47 Å². The Morgan fingerprint density at radius 1 is 1.05 bits per heavy atom. The third-order valence-electron chi connectivity index (χ3n) is 4.53. The van der Waals surface area contributed by atoms with Crippen molar-refractivity contribution in [3.8, 4) is 11.5 Å². The van der Waals surface area contributed by atoms with Gasteiger partial charge in [-0.2, -0.15) is 0 Å². The van der Waals surface area contributed by atoms with Crippen molar-refractivity contribution >= 4 is 10.8 Å². The molecular formula is C17H24O3S. The number of rotatable bonds is 4. The van der Waals surface area contributed by atoms with Gasteiger partial charge in [-0.1, -0.05) is 12.5 Å². The van der Waals surface area contributed by atoms with Gasteiger partial charge in [-0.05, 0) is 56.2 Å². The van der Waals surface area contributed by atoms with Crippen LogP contribution in [0.4, 0.5) is 0 Å². The van der Waals surface area contributed by atoms with Crippen molar-refractivity contribution in [2.45, 2.75) is 56.3 Å². The van der Waals surface area contributed by atoms with Gasteiger partial charge in [0.2, 0.25) is 0 Å². The zero-order valence-electron chi connectivity index (χ0n) is 12.7. The highest BCUT2D eigenvalue weighted by Gasteiger charge is 2.25. The average Bonchev–Trinajstić information content (AvgIpc) is 3.01. The third-order valence-corrected chi connectivity index (χ3v) is 6.37. The first-order valence-electron chi connectivity index (χ1n) is 7.99. The van der Waals surface area contributed by atoms with E-state index in [0.29, 0.717) is 6.10 Å². The molecule has 1 saturated carbocycles. The SMILES string of the molecule is COc1ccc([C@H]2CCCC[S@@]2=O)cc1OC1CCCC1. The van der Waals surface area contributed by atoms with Crippen LogP contribution in [0.25, 0.3) is 0 Å². The maximum absolute atomic E-state index is 12.2. The molecule has 4 heteroatoms. The quantitative estimate of drug-likeness (QED) is 0.843. The molecule has 3 nitrogen and oxygen atoms in total. The van der Waals surface area contributed by atoms with Gasteiger partial charge < -0.3 is 9.47 Å². The summed E-state index contributed by atoms with van der Waals surface area (Å²) < 4.78 is 23.8. The molecule has 0 amide bonds. The molecule has 1 saturated heterocycles. The normalized spacial score (nSPS) is 26.7. The molecule has 2 aliphatic rings. The lowest BCUT2D eigenvalue weighted by Crippen LogP contribution is -2.16. The van der Waals surface area contributed by atoms with E-state index in [1.807, 2.05) is 12.1 Å². The summed E-state index contributed by atoms with van der Waals surface area (Å²) in [7, 11) is 0.930. The molecule has 1 aromatic rings. The van der Waals surface area contributed by atoms with E-state index in [0.717, 1.165) is 48.5 Å². The van der Waals surface area contributed by atoms with Crippen LogP contribution in [0.3, 0.4) is 0 Å². The Morgan fingerprint density at radius 3 is 2.52 bits per heavy atom. The highest BCUT2D eigenvalue weighted by Crippen LogP contribution is 2.37. The van der Waals surface area contributed by atoms with E-state index in [-0.39, 0.29) is 5.25 Å². The number of ether oxygens (including phenoxy) is 2. The maximum Gasteiger partial charge on any atom is 0.161 e. The smallest absolute Gasteiger partial charge is 0.161 e. The van der Waals surface area contributed by atoms with Gasteiger partial charge in [-0.25, -0.2) is 0 Å². The van der Waals surface area contributed by atoms with Crippen LogP contribution in [0.1, 0.15) is 55.8 Å². The fourth-order valence-corrected chi connectivity index (χ4v) is 4.99. The van der Waals surface area contributed by atoms with Crippen molar-refractivity contribution in [3.05, 3.63) is 23.8 Å². The molecule has 0 bridgehead atoms. The van der Waals surface area contributed by atoms with E-state index in [1.54, 1.807) is 7.11 Å². The third kappa shape index (κ3) is 3.42. The maximum atomic E-state index is 12.2. The standard InChI is InChI=1S/C17H24O3S/c1-19-15-10-9-13(17-8-4-5-11-21(17)18)12-16(15)20-14-6-2-3-7-14/h9-10,12,14,17H,2-8,11H2,1H3/t17-,21+/m1/s1. The number of methoxy groups -OCH3 is 1. The minimum absolute atomic E-state index is 0.163. The summed E-state index contributed by atoms with van der Waals surface area (Å²) in [4.78, 5) is 0. The molecule has 2 atom stereocenters. The number of benzene rings is 1. The van der Waals surface area contributed by atoms with Gasteiger partial charge in [0.15, 0.2) is 11.5 Å². The summed E-state index contributed by atoms with van der Waals surface area (Å²) in [5, 5.41) is 0.163. The van der Waals surface area contributed by atoms with Gasteiger partial charge in [0.1, 0.15) is 0 Å². The lowest BCUT2D eigenvalue weighted by Gasteiger charge is -2.23.